The summed E-state index contributed by atoms with van der Waals surface area (Å²) in [5.74, 6) is 0. The molecule has 2 heteroatoms. The highest BCUT2D eigenvalue weighted by atomic mass is 28.3. The van der Waals surface area contributed by atoms with Crippen LogP contribution in [0, 0.1) is 6.92 Å². The van der Waals surface area contributed by atoms with Crippen LogP contribution in [-0.4, -0.2) is 13.1 Å². The summed E-state index contributed by atoms with van der Waals surface area (Å²) in [7, 11) is -1.39. The van der Waals surface area contributed by atoms with E-state index in [-0.39, 0.29) is 5.41 Å². The van der Waals surface area contributed by atoms with Crippen molar-refractivity contribution < 1.29 is 0 Å². The first-order valence-corrected chi connectivity index (χ1v) is 14.7. The number of benzene rings is 3. The van der Waals surface area contributed by atoms with Gasteiger partial charge in [-0.3, -0.25) is 0 Å². The first-order valence-electron chi connectivity index (χ1n) is 11.2. The predicted molar refractivity (Wildman–Crippen MR) is 139 cm³/mol. The number of hydrogen-bond donors (Lipinski definition) is 0. The Kier molecular flexibility index (Phi) is 5.39. The van der Waals surface area contributed by atoms with Crippen molar-refractivity contribution in [3.63, 3.8) is 0 Å². The first kappa shape index (κ1) is 21.5. The topological polar surface area (TPSA) is 12.9 Å². The van der Waals surface area contributed by atoms with Crippen LogP contribution in [0.1, 0.15) is 31.9 Å². The fraction of sp³-hybridized carbons (Fsp3) is 0.276. The number of hydrogen-bond acceptors (Lipinski definition) is 1. The molecular weight excluding hydrogens is 390 g/mol. The molecule has 0 fully saturated rings. The van der Waals surface area contributed by atoms with Gasteiger partial charge in [-0.1, -0.05) is 99.7 Å². The van der Waals surface area contributed by atoms with Gasteiger partial charge in [0.05, 0.1) is 19.3 Å². The van der Waals surface area contributed by atoms with Crippen molar-refractivity contribution in [3.05, 3.63) is 83.9 Å². The van der Waals surface area contributed by atoms with Gasteiger partial charge in [0.15, 0.2) is 0 Å². The normalized spacial score (nSPS) is 12.4. The van der Waals surface area contributed by atoms with E-state index in [1.165, 1.54) is 38.4 Å². The smallest absolute Gasteiger partial charge is 0.0788 e. The van der Waals surface area contributed by atoms with E-state index in [0.29, 0.717) is 0 Å². The van der Waals surface area contributed by atoms with Gasteiger partial charge in [0.25, 0.3) is 0 Å². The minimum absolute atomic E-state index is 0.0940. The lowest BCUT2D eigenvalue weighted by Gasteiger charge is -2.22. The van der Waals surface area contributed by atoms with Gasteiger partial charge in [-0.05, 0) is 47.7 Å². The monoisotopic (exact) mass is 423 g/mol. The van der Waals surface area contributed by atoms with E-state index < -0.39 is 8.07 Å². The van der Waals surface area contributed by atoms with Crippen LogP contribution < -0.4 is 5.19 Å². The van der Waals surface area contributed by atoms with Crippen LogP contribution >= 0.6 is 0 Å². The van der Waals surface area contributed by atoms with Crippen LogP contribution in [0.3, 0.4) is 0 Å². The van der Waals surface area contributed by atoms with E-state index in [1.807, 2.05) is 0 Å². The molecule has 0 saturated heterocycles. The average Bonchev–Trinajstić information content (AvgIpc) is 2.71. The van der Waals surface area contributed by atoms with Crippen LogP contribution in [0.2, 0.25) is 19.6 Å². The number of fused-ring (bicyclic) bond motifs is 1. The fourth-order valence-electron chi connectivity index (χ4n) is 4.05. The zero-order valence-electron chi connectivity index (χ0n) is 19.9. The summed E-state index contributed by atoms with van der Waals surface area (Å²) < 4.78 is 0. The average molecular weight is 424 g/mol. The van der Waals surface area contributed by atoms with Crippen LogP contribution in [0.15, 0.2) is 72.8 Å². The van der Waals surface area contributed by atoms with Gasteiger partial charge in [0.1, 0.15) is 0 Å². The lowest BCUT2D eigenvalue weighted by atomic mass is 9.84. The first-order chi connectivity index (χ1) is 14.5. The van der Waals surface area contributed by atoms with Crippen LogP contribution in [-0.2, 0) is 5.41 Å². The molecule has 0 aliphatic rings. The molecule has 0 unspecified atom stereocenters. The van der Waals surface area contributed by atoms with Gasteiger partial charge in [-0.2, -0.15) is 0 Å². The maximum Gasteiger partial charge on any atom is 0.0788 e. The lowest BCUT2D eigenvalue weighted by Crippen LogP contribution is -2.37. The number of pyridine rings is 1. The van der Waals surface area contributed by atoms with Crippen molar-refractivity contribution in [1.82, 2.24) is 4.98 Å². The molecule has 4 rings (SSSR count). The molecule has 31 heavy (non-hydrogen) atoms. The quantitative estimate of drug-likeness (QED) is 0.307. The third-order valence-electron chi connectivity index (χ3n) is 5.98. The maximum atomic E-state index is 5.22. The van der Waals surface area contributed by atoms with E-state index in [2.05, 4.69) is 120 Å². The van der Waals surface area contributed by atoms with E-state index in [4.69, 9.17) is 4.98 Å². The van der Waals surface area contributed by atoms with Crippen LogP contribution in [0.25, 0.3) is 33.3 Å². The Labute approximate surface area is 188 Å². The molecule has 3 aromatic carbocycles. The zero-order valence-corrected chi connectivity index (χ0v) is 20.9. The molecule has 1 aromatic heterocycles. The predicted octanol–water partition coefficient (Wildman–Crippen LogP) is 7.72. The van der Waals surface area contributed by atoms with E-state index in [9.17, 15) is 0 Å². The second-order valence-electron chi connectivity index (χ2n) is 10.7. The van der Waals surface area contributed by atoms with Gasteiger partial charge in [-0.25, -0.2) is 4.98 Å². The maximum absolute atomic E-state index is 5.22. The van der Waals surface area contributed by atoms with Gasteiger partial charge >= 0.3 is 0 Å². The molecule has 4 aromatic rings. The Balaban J connectivity index is 2.02. The molecule has 158 valence electrons. The summed E-state index contributed by atoms with van der Waals surface area (Å²) >= 11 is 0. The number of nitrogens with zero attached hydrogens (tertiary/aromatic N) is 1. The molecule has 0 saturated carbocycles. The van der Waals surface area contributed by atoms with E-state index in [0.717, 1.165) is 11.2 Å². The summed E-state index contributed by atoms with van der Waals surface area (Å²) in [5.41, 5.74) is 8.45. The molecule has 0 amide bonds. The Morgan fingerprint density at radius 1 is 0.742 bits per heavy atom. The molecule has 0 bridgehead atoms. The van der Waals surface area contributed by atoms with Gasteiger partial charge in [-0.15, -0.1) is 0 Å². The number of aryl methyl sites for hydroxylation is 1. The summed E-state index contributed by atoms with van der Waals surface area (Å²) in [6.07, 6.45) is 0. The third kappa shape index (κ3) is 4.50. The Morgan fingerprint density at radius 2 is 1.45 bits per heavy atom. The molecule has 0 atom stereocenters. The van der Waals surface area contributed by atoms with Gasteiger partial charge in [0.2, 0.25) is 0 Å². The Bertz CT molecular complexity index is 1240. The van der Waals surface area contributed by atoms with Crippen molar-refractivity contribution in [3.8, 4) is 22.4 Å². The molecule has 0 aliphatic carbocycles. The van der Waals surface area contributed by atoms with Crippen LogP contribution in [0.5, 0.6) is 0 Å². The molecule has 0 radical (unpaired) electrons. The molecule has 0 N–H and O–H groups in total. The van der Waals surface area contributed by atoms with Gasteiger partial charge in [0, 0.05) is 16.5 Å². The van der Waals surface area contributed by atoms with Crippen LogP contribution in [0.4, 0.5) is 0 Å². The van der Waals surface area contributed by atoms with Gasteiger partial charge < -0.3 is 0 Å². The van der Waals surface area contributed by atoms with Crippen molar-refractivity contribution in [2.75, 3.05) is 0 Å². The molecule has 1 heterocycles. The highest BCUT2D eigenvalue weighted by Gasteiger charge is 2.20. The Hall–Kier alpha value is -2.71. The van der Waals surface area contributed by atoms with Crippen molar-refractivity contribution in [2.45, 2.75) is 52.8 Å². The summed E-state index contributed by atoms with van der Waals surface area (Å²) in [5, 5.41) is 2.70. The standard InChI is InChI=1S/C29H33NSi/c1-20-15-23(17-24(16-20)29(2,3)4)28-26(21-11-9-8-10-12-21)19-22-18-25(31(5,6)7)13-14-27(22)30-28/h8-19H,1-7H3. The fourth-order valence-corrected chi connectivity index (χ4v) is 5.23. The lowest BCUT2D eigenvalue weighted by molar-refractivity contribution is 0.590. The Morgan fingerprint density at radius 3 is 2.10 bits per heavy atom. The third-order valence-corrected chi connectivity index (χ3v) is 8.03. The summed E-state index contributed by atoms with van der Waals surface area (Å²) in [6, 6.07) is 26.8. The zero-order chi connectivity index (χ0) is 22.4. The summed E-state index contributed by atoms with van der Waals surface area (Å²) in [6.45, 7) is 16.2. The van der Waals surface area contributed by atoms with E-state index in [1.54, 1.807) is 0 Å². The molecule has 0 spiro atoms. The molecule has 1 nitrogen and oxygen atoms in total. The highest BCUT2D eigenvalue weighted by Crippen LogP contribution is 2.36. The number of aromatic nitrogens is 1. The second-order valence-corrected chi connectivity index (χ2v) is 15.8. The van der Waals surface area contributed by atoms with Crippen molar-refractivity contribution >= 4 is 24.2 Å². The highest BCUT2D eigenvalue weighted by molar-refractivity contribution is 6.88. The minimum Gasteiger partial charge on any atom is -0.247 e. The SMILES string of the molecule is Cc1cc(-c2nc3ccc([Si](C)(C)C)cc3cc2-c2ccccc2)cc(C(C)(C)C)c1. The van der Waals surface area contributed by atoms with Crippen molar-refractivity contribution in [2.24, 2.45) is 0 Å². The largest absolute Gasteiger partial charge is 0.247 e. The molecular formula is C29H33NSi. The van der Waals surface area contributed by atoms with E-state index >= 15 is 0 Å². The summed E-state index contributed by atoms with van der Waals surface area (Å²) in [4.78, 5) is 5.22. The molecule has 0 aliphatic heterocycles. The minimum atomic E-state index is -1.39. The second kappa shape index (κ2) is 7.76. The van der Waals surface area contributed by atoms with Crippen molar-refractivity contribution in [1.29, 1.82) is 0 Å². The number of rotatable bonds is 3.